The molecule has 6 nitrogen and oxygen atoms in total. The number of aromatic nitrogens is 3. The monoisotopic (exact) mass is 340 g/mol. The van der Waals surface area contributed by atoms with E-state index in [1.807, 2.05) is 25.3 Å². The Hall–Kier alpha value is -2.37. The van der Waals surface area contributed by atoms with Crippen molar-refractivity contribution in [1.82, 2.24) is 15.0 Å². The zero-order valence-electron chi connectivity index (χ0n) is 15.5. The van der Waals surface area contributed by atoms with Gasteiger partial charge in [-0.15, -0.1) is 0 Å². The van der Waals surface area contributed by atoms with Crippen LogP contribution in [0.5, 0.6) is 0 Å². The van der Waals surface area contributed by atoms with Crippen LogP contribution in [0.1, 0.15) is 25.6 Å². The minimum Gasteiger partial charge on any atom is -0.360 e. The number of aryl methyl sites for hydroxylation is 1. The van der Waals surface area contributed by atoms with Gasteiger partial charge in [0.05, 0.1) is 0 Å². The van der Waals surface area contributed by atoms with Crippen molar-refractivity contribution in [2.24, 2.45) is 0 Å². The molecule has 25 heavy (non-hydrogen) atoms. The molecule has 1 aliphatic rings. The highest BCUT2D eigenvalue weighted by Gasteiger charge is 2.20. The smallest absolute Gasteiger partial charge is 0.134 e. The minimum absolute atomic E-state index is 0.836. The molecule has 0 aromatic carbocycles. The summed E-state index contributed by atoms with van der Waals surface area (Å²) in [6.07, 6.45) is 4.22. The molecule has 3 heterocycles. The van der Waals surface area contributed by atoms with Gasteiger partial charge in [0.2, 0.25) is 0 Å². The Morgan fingerprint density at radius 1 is 1.04 bits per heavy atom. The summed E-state index contributed by atoms with van der Waals surface area (Å²) in [6.45, 7) is 9.04. The lowest BCUT2D eigenvalue weighted by molar-refractivity contribution is 0.639. The van der Waals surface area contributed by atoms with E-state index in [2.05, 4.69) is 55.8 Å². The predicted octanol–water partition coefficient (Wildman–Crippen LogP) is 2.74. The third-order valence-electron chi connectivity index (χ3n) is 4.63. The molecule has 6 heteroatoms. The number of nitrogens with zero attached hydrogens (tertiary/aromatic N) is 6. The van der Waals surface area contributed by atoms with Crippen LogP contribution >= 0.6 is 0 Å². The highest BCUT2D eigenvalue weighted by molar-refractivity contribution is 5.52. The van der Waals surface area contributed by atoms with E-state index in [0.717, 1.165) is 56.0 Å². The summed E-state index contributed by atoms with van der Waals surface area (Å²) in [7, 11) is 2.11. The molecule has 134 valence electrons. The summed E-state index contributed by atoms with van der Waals surface area (Å²) in [4.78, 5) is 20.7. The second-order valence-electron chi connectivity index (χ2n) is 6.57. The molecular formula is C19H28N6. The zero-order chi connectivity index (χ0) is 17.6. The van der Waals surface area contributed by atoms with Crippen LogP contribution in [0.25, 0.3) is 0 Å². The molecule has 1 aliphatic heterocycles. The third-order valence-corrected chi connectivity index (χ3v) is 4.63. The van der Waals surface area contributed by atoms with Gasteiger partial charge in [-0.2, -0.15) is 0 Å². The average Bonchev–Trinajstić information content (AvgIpc) is 2.66. The first-order chi connectivity index (χ1) is 12.2. The van der Waals surface area contributed by atoms with Gasteiger partial charge in [0.15, 0.2) is 0 Å². The van der Waals surface area contributed by atoms with Crippen molar-refractivity contribution in [1.29, 1.82) is 0 Å². The van der Waals surface area contributed by atoms with Crippen LogP contribution in [0.2, 0.25) is 0 Å². The maximum absolute atomic E-state index is 4.67. The number of unbranched alkanes of at least 4 members (excludes halogenated alkanes) is 1. The molecule has 0 atom stereocenters. The van der Waals surface area contributed by atoms with Crippen LogP contribution in [0.15, 0.2) is 30.5 Å². The van der Waals surface area contributed by atoms with E-state index in [4.69, 9.17) is 0 Å². The van der Waals surface area contributed by atoms with E-state index in [1.165, 1.54) is 12.8 Å². The minimum atomic E-state index is 0.836. The van der Waals surface area contributed by atoms with Crippen LogP contribution in [0.4, 0.5) is 17.5 Å². The number of pyridine rings is 1. The molecule has 0 amide bonds. The van der Waals surface area contributed by atoms with Gasteiger partial charge in [-0.3, -0.25) is 0 Å². The van der Waals surface area contributed by atoms with Crippen LogP contribution in [-0.4, -0.2) is 54.7 Å². The Morgan fingerprint density at radius 3 is 2.40 bits per heavy atom. The fourth-order valence-corrected chi connectivity index (χ4v) is 3.11. The van der Waals surface area contributed by atoms with Gasteiger partial charge in [0.1, 0.15) is 23.3 Å². The Bertz CT molecular complexity index is 667. The van der Waals surface area contributed by atoms with Crippen molar-refractivity contribution < 1.29 is 0 Å². The van der Waals surface area contributed by atoms with Gasteiger partial charge >= 0.3 is 0 Å². The van der Waals surface area contributed by atoms with Crippen molar-refractivity contribution in [3.05, 3.63) is 36.3 Å². The Kier molecular flexibility index (Phi) is 5.68. The summed E-state index contributed by atoms with van der Waals surface area (Å²) < 4.78 is 0. The molecule has 0 N–H and O–H groups in total. The zero-order valence-corrected chi connectivity index (χ0v) is 15.5. The highest BCUT2D eigenvalue weighted by Crippen LogP contribution is 2.21. The van der Waals surface area contributed by atoms with Gasteiger partial charge in [0, 0.05) is 52.0 Å². The van der Waals surface area contributed by atoms with Gasteiger partial charge in [0.25, 0.3) is 0 Å². The van der Waals surface area contributed by atoms with Crippen molar-refractivity contribution in [3.63, 3.8) is 0 Å². The first-order valence-corrected chi connectivity index (χ1v) is 9.15. The summed E-state index contributed by atoms with van der Waals surface area (Å²) in [6, 6.07) is 8.20. The molecule has 1 fully saturated rings. The lowest BCUT2D eigenvalue weighted by Crippen LogP contribution is -2.47. The largest absolute Gasteiger partial charge is 0.360 e. The topological polar surface area (TPSA) is 48.4 Å². The fraction of sp³-hybridized carbons (Fsp3) is 0.526. The number of anilines is 3. The normalized spacial score (nSPS) is 14.7. The average molecular weight is 340 g/mol. The molecule has 0 radical (unpaired) electrons. The number of hydrogen-bond donors (Lipinski definition) is 0. The standard InChI is InChI=1S/C19H28N6/c1-4-5-10-23(3)18-15-19(22-16(2)21-18)25-13-11-24(12-14-25)17-8-6-7-9-20-17/h6-9,15H,4-5,10-14H2,1-3H3. The SMILES string of the molecule is CCCCN(C)c1cc(N2CCN(c3ccccn3)CC2)nc(C)n1. The molecule has 2 aromatic heterocycles. The van der Waals surface area contributed by atoms with Crippen molar-refractivity contribution in [2.75, 3.05) is 54.5 Å². The van der Waals surface area contributed by atoms with Crippen molar-refractivity contribution in [3.8, 4) is 0 Å². The van der Waals surface area contributed by atoms with Crippen LogP contribution in [0, 0.1) is 6.92 Å². The summed E-state index contributed by atoms with van der Waals surface area (Å²) in [5.74, 6) is 3.94. The second kappa shape index (κ2) is 8.14. The Morgan fingerprint density at radius 2 is 1.76 bits per heavy atom. The Balaban J connectivity index is 1.67. The maximum atomic E-state index is 4.67. The molecule has 1 saturated heterocycles. The molecule has 0 bridgehead atoms. The summed E-state index contributed by atoms with van der Waals surface area (Å²) in [5, 5.41) is 0. The number of hydrogen-bond acceptors (Lipinski definition) is 6. The van der Waals surface area contributed by atoms with Gasteiger partial charge in [-0.1, -0.05) is 19.4 Å². The molecule has 0 saturated carbocycles. The van der Waals surface area contributed by atoms with Gasteiger partial charge in [-0.05, 0) is 25.5 Å². The third kappa shape index (κ3) is 4.38. The maximum Gasteiger partial charge on any atom is 0.134 e. The van der Waals surface area contributed by atoms with Crippen LogP contribution < -0.4 is 14.7 Å². The van der Waals surface area contributed by atoms with Crippen LogP contribution in [-0.2, 0) is 0 Å². The van der Waals surface area contributed by atoms with E-state index in [-0.39, 0.29) is 0 Å². The van der Waals surface area contributed by atoms with E-state index in [9.17, 15) is 0 Å². The molecule has 0 spiro atoms. The van der Waals surface area contributed by atoms with Gasteiger partial charge in [-0.25, -0.2) is 15.0 Å². The quantitative estimate of drug-likeness (QED) is 0.806. The fourth-order valence-electron chi connectivity index (χ4n) is 3.11. The Labute approximate surface area is 150 Å². The first-order valence-electron chi connectivity index (χ1n) is 9.15. The molecule has 2 aromatic rings. The van der Waals surface area contributed by atoms with E-state index in [0.29, 0.717) is 0 Å². The molecule has 0 aliphatic carbocycles. The highest BCUT2D eigenvalue weighted by atomic mass is 15.3. The van der Waals surface area contributed by atoms with Crippen molar-refractivity contribution >= 4 is 17.5 Å². The summed E-state index contributed by atoms with van der Waals surface area (Å²) >= 11 is 0. The second-order valence-corrected chi connectivity index (χ2v) is 6.57. The van der Waals surface area contributed by atoms with Crippen LogP contribution in [0.3, 0.4) is 0 Å². The predicted molar refractivity (Wildman–Crippen MR) is 104 cm³/mol. The lowest BCUT2D eigenvalue weighted by atomic mass is 10.3. The molecule has 0 unspecified atom stereocenters. The first kappa shape index (κ1) is 17.5. The molecular weight excluding hydrogens is 312 g/mol. The van der Waals surface area contributed by atoms with E-state index >= 15 is 0 Å². The molecule has 3 rings (SSSR count). The lowest BCUT2D eigenvalue weighted by Gasteiger charge is -2.36. The summed E-state index contributed by atoms with van der Waals surface area (Å²) in [5.41, 5.74) is 0. The van der Waals surface area contributed by atoms with E-state index < -0.39 is 0 Å². The number of piperazine rings is 1. The van der Waals surface area contributed by atoms with Gasteiger partial charge < -0.3 is 14.7 Å². The number of rotatable bonds is 6. The van der Waals surface area contributed by atoms with E-state index in [1.54, 1.807) is 0 Å². The van der Waals surface area contributed by atoms with Crippen molar-refractivity contribution in [2.45, 2.75) is 26.7 Å².